The smallest absolute Gasteiger partial charge is 0.0945 e. The van der Waals surface area contributed by atoms with Crippen LogP contribution in [-0.2, 0) is 6.42 Å². The molecular formula is C17H22N4. The second kappa shape index (κ2) is 6.76. The van der Waals surface area contributed by atoms with E-state index in [-0.39, 0.29) is 0 Å². The second-order valence-electron chi connectivity index (χ2n) is 5.96. The van der Waals surface area contributed by atoms with Gasteiger partial charge in [-0.25, -0.2) is 0 Å². The van der Waals surface area contributed by atoms with Gasteiger partial charge in [0.25, 0.3) is 0 Å². The summed E-state index contributed by atoms with van der Waals surface area (Å²) >= 11 is 0. The van der Waals surface area contributed by atoms with Gasteiger partial charge >= 0.3 is 0 Å². The van der Waals surface area contributed by atoms with Crippen LogP contribution in [0.3, 0.4) is 0 Å². The van der Waals surface area contributed by atoms with Gasteiger partial charge in [0.05, 0.1) is 11.4 Å². The molecule has 1 aliphatic rings. The molecule has 0 N–H and O–H groups in total. The van der Waals surface area contributed by atoms with E-state index in [9.17, 15) is 0 Å². The van der Waals surface area contributed by atoms with Crippen molar-refractivity contribution in [2.24, 2.45) is 5.92 Å². The maximum atomic E-state index is 4.41. The van der Waals surface area contributed by atoms with Crippen LogP contribution in [0.15, 0.2) is 36.7 Å². The van der Waals surface area contributed by atoms with Crippen LogP contribution in [-0.4, -0.2) is 40.2 Å². The van der Waals surface area contributed by atoms with E-state index in [4.69, 9.17) is 0 Å². The average molecular weight is 282 g/mol. The fraction of sp³-hybridized carbons (Fsp3) is 0.471. The van der Waals surface area contributed by atoms with Gasteiger partial charge in [0.1, 0.15) is 0 Å². The molecule has 1 aliphatic heterocycles. The third kappa shape index (κ3) is 3.85. The Bertz CT molecular complexity index is 553. The highest BCUT2D eigenvalue weighted by Crippen LogP contribution is 2.21. The van der Waals surface area contributed by atoms with Crippen LogP contribution in [0.1, 0.15) is 25.0 Å². The van der Waals surface area contributed by atoms with Gasteiger partial charge in [0.2, 0.25) is 0 Å². The fourth-order valence-corrected chi connectivity index (χ4v) is 2.95. The zero-order valence-corrected chi connectivity index (χ0v) is 12.6. The minimum atomic E-state index is 0.744. The van der Waals surface area contributed by atoms with Gasteiger partial charge in [-0.1, -0.05) is 0 Å². The number of likely N-dealkylation sites (tertiary alicyclic amines) is 1. The van der Waals surface area contributed by atoms with Crippen LogP contribution < -0.4 is 0 Å². The van der Waals surface area contributed by atoms with Crippen LogP contribution in [0, 0.1) is 5.92 Å². The first-order chi connectivity index (χ1) is 10.3. The van der Waals surface area contributed by atoms with Crippen LogP contribution in [0.4, 0.5) is 0 Å². The number of nitrogens with zero attached hydrogens (tertiary/aromatic N) is 4. The van der Waals surface area contributed by atoms with Crippen molar-refractivity contribution in [3.63, 3.8) is 0 Å². The molecule has 0 spiro atoms. The van der Waals surface area contributed by atoms with E-state index in [1.807, 2.05) is 18.3 Å². The van der Waals surface area contributed by atoms with Gasteiger partial charge < -0.3 is 4.90 Å². The molecule has 3 heterocycles. The molecule has 1 atom stereocenters. The lowest BCUT2D eigenvalue weighted by Gasteiger charge is -2.14. The molecule has 4 nitrogen and oxygen atoms in total. The molecule has 2 aromatic heterocycles. The molecule has 3 rings (SSSR count). The molecule has 0 bridgehead atoms. The lowest BCUT2D eigenvalue weighted by atomic mass is 9.95. The van der Waals surface area contributed by atoms with Gasteiger partial charge in [-0.2, -0.15) is 10.2 Å². The van der Waals surface area contributed by atoms with Crippen molar-refractivity contribution in [2.75, 3.05) is 20.1 Å². The van der Waals surface area contributed by atoms with Crippen molar-refractivity contribution in [1.29, 1.82) is 0 Å². The van der Waals surface area contributed by atoms with Crippen molar-refractivity contribution in [2.45, 2.75) is 25.7 Å². The first-order valence-electron chi connectivity index (χ1n) is 7.73. The van der Waals surface area contributed by atoms with Crippen molar-refractivity contribution in [3.8, 4) is 11.3 Å². The molecule has 1 fully saturated rings. The van der Waals surface area contributed by atoms with E-state index in [1.165, 1.54) is 32.4 Å². The monoisotopic (exact) mass is 282 g/mol. The molecule has 0 amide bonds. The molecule has 110 valence electrons. The zero-order chi connectivity index (χ0) is 14.5. The number of rotatable bonds is 3. The fourth-order valence-electron chi connectivity index (χ4n) is 2.95. The molecular weight excluding hydrogens is 260 g/mol. The second-order valence-corrected chi connectivity index (χ2v) is 5.96. The summed E-state index contributed by atoms with van der Waals surface area (Å²) in [6, 6.07) is 8.11. The minimum absolute atomic E-state index is 0.744. The summed E-state index contributed by atoms with van der Waals surface area (Å²) in [4.78, 5) is 6.55. The summed E-state index contributed by atoms with van der Waals surface area (Å²) in [5.41, 5.74) is 3.03. The summed E-state index contributed by atoms with van der Waals surface area (Å²) in [7, 11) is 2.21. The summed E-state index contributed by atoms with van der Waals surface area (Å²) in [5.74, 6) is 0.744. The van der Waals surface area contributed by atoms with Gasteiger partial charge in [0.15, 0.2) is 0 Å². The Morgan fingerprint density at radius 3 is 2.86 bits per heavy atom. The van der Waals surface area contributed by atoms with E-state index < -0.39 is 0 Å². The predicted molar refractivity (Wildman–Crippen MR) is 83.8 cm³/mol. The summed E-state index contributed by atoms with van der Waals surface area (Å²) in [5, 5.41) is 8.76. The Morgan fingerprint density at radius 1 is 1.14 bits per heavy atom. The van der Waals surface area contributed by atoms with E-state index in [2.05, 4.69) is 39.3 Å². The lowest BCUT2D eigenvalue weighted by Crippen LogP contribution is -2.19. The van der Waals surface area contributed by atoms with Gasteiger partial charge in [0, 0.05) is 18.0 Å². The van der Waals surface area contributed by atoms with Crippen molar-refractivity contribution >= 4 is 0 Å². The van der Waals surface area contributed by atoms with Crippen LogP contribution in [0.25, 0.3) is 11.3 Å². The molecule has 0 aliphatic carbocycles. The Morgan fingerprint density at radius 2 is 2.10 bits per heavy atom. The highest BCUT2D eigenvalue weighted by Gasteiger charge is 2.16. The predicted octanol–water partition coefficient (Wildman–Crippen LogP) is 2.81. The Labute approximate surface area is 126 Å². The molecule has 1 saturated heterocycles. The van der Waals surface area contributed by atoms with E-state index in [1.54, 1.807) is 6.20 Å². The molecule has 0 radical (unpaired) electrons. The number of hydrogen-bond acceptors (Lipinski definition) is 4. The first-order valence-corrected chi connectivity index (χ1v) is 7.73. The highest BCUT2D eigenvalue weighted by atomic mass is 15.1. The first kappa shape index (κ1) is 14.1. The van der Waals surface area contributed by atoms with Crippen LogP contribution in [0.5, 0.6) is 0 Å². The van der Waals surface area contributed by atoms with Gasteiger partial charge in [-0.15, -0.1) is 0 Å². The van der Waals surface area contributed by atoms with E-state index in [0.717, 1.165) is 29.3 Å². The van der Waals surface area contributed by atoms with Crippen molar-refractivity contribution in [3.05, 3.63) is 42.4 Å². The quantitative estimate of drug-likeness (QED) is 0.868. The minimum Gasteiger partial charge on any atom is -0.306 e. The van der Waals surface area contributed by atoms with Crippen molar-refractivity contribution < 1.29 is 0 Å². The maximum absolute atomic E-state index is 4.41. The zero-order valence-electron chi connectivity index (χ0n) is 12.6. The topological polar surface area (TPSA) is 41.9 Å². The summed E-state index contributed by atoms with van der Waals surface area (Å²) in [6.45, 7) is 2.42. The van der Waals surface area contributed by atoms with Crippen molar-refractivity contribution in [1.82, 2.24) is 20.1 Å². The Kier molecular flexibility index (Phi) is 4.55. The van der Waals surface area contributed by atoms with E-state index in [0.29, 0.717) is 0 Å². The molecule has 0 saturated carbocycles. The largest absolute Gasteiger partial charge is 0.306 e. The SMILES string of the molecule is CN1CCC[C@H](Cc2ccc(-c3cccnc3)nn2)CC1. The van der Waals surface area contributed by atoms with Gasteiger partial charge in [-0.05, 0) is 76.0 Å². The lowest BCUT2D eigenvalue weighted by molar-refractivity contribution is 0.341. The number of pyridine rings is 1. The summed E-state index contributed by atoms with van der Waals surface area (Å²) < 4.78 is 0. The third-order valence-electron chi connectivity index (χ3n) is 4.25. The standard InChI is InChI=1S/C17H22N4/c1-21-10-3-4-14(8-11-21)12-16-6-7-17(20-19-16)15-5-2-9-18-13-15/h2,5-7,9,13-14H,3-4,8,10-12H2,1H3/t14-/m0/s1. The average Bonchev–Trinajstić information content (AvgIpc) is 2.74. The molecule has 0 aromatic carbocycles. The molecule has 0 unspecified atom stereocenters. The van der Waals surface area contributed by atoms with Gasteiger partial charge in [-0.3, -0.25) is 4.98 Å². The maximum Gasteiger partial charge on any atom is 0.0945 e. The number of aromatic nitrogens is 3. The summed E-state index contributed by atoms with van der Waals surface area (Å²) in [6.07, 6.45) is 8.51. The molecule has 4 heteroatoms. The number of hydrogen-bond donors (Lipinski definition) is 0. The van der Waals surface area contributed by atoms with Crippen LogP contribution >= 0.6 is 0 Å². The Hall–Kier alpha value is -1.81. The Balaban J connectivity index is 1.64. The van der Waals surface area contributed by atoms with E-state index >= 15 is 0 Å². The normalized spacial score (nSPS) is 20.1. The highest BCUT2D eigenvalue weighted by molar-refractivity contribution is 5.56. The van der Waals surface area contributed by atoms with Crippen LogP contribution in [0.2, 0.25) is 0 Å². The molecule has 2 aromatic rings. The molecule has 21 heavy (non-hydrogen) atoms. The third-order valence-corrected chi connectivity index (χ3v) is 4.25.